The van der Waals surface area contributed by atoms with Crippen molar-refractivity contribution in [3.8, 4) is 0 Å². The second-order valence-corrected chi connectivity index (χ2v) is 6.72. The van der Waals surface area contributed by atoms with Gasteiger partial charge in [-0.25, -0.2) is 0 Å². The van der Waals surface area contributed by atoms with Crippen LogP contribution in [0.3, 0.4) is 0 Å². The minimum absolute atomic E-state index is 0.0602. The van der Waals surface area contributed by atoms with Crippen molar-refractivity contribution in [1.82, 2.24) is 0 Å². The van der Waals surface area contributed by atoms with Gasteiger partial charge >= 0.3 is 0 Å². The van der Waals surface area contributed by atoms with Gasteiger partial charge in [0.2, 0.25) is 5.91 Å². The number of halogens is 3. The Morgan fingerprint density at radius 1 is 1.24 bits per heavy atom. The molecule has 3 rings (SSSR count). The lowest BCUT2D eigenvalue weighted by Crippen LogP contribution is -2.20. The van der Waals surface area contributed by atoms with Gasteiger partial charge in [0.05, 0.1) is 21.3 Å². The van der Waals surface area contributed by atoms with Crippen molar-refractivity contribution in [3.63, 3.8) is 0 Å². The molecule has 0 N–H and O–H groups in total. The molecule has 0 aliphatic carbocycles. The first-order chi connectivity index (χ1) is 9.99. The number of anilines is 1. The average Bonchev–Trinajstić information content (AvgIpc) is 2.76. The summed E-state index contributed by atoms with van der Waals surface area (Å²) in [5.41, 5.74) is 3.99. The molecule has 1 aliphatic heterocycles. The fraction of sp³-hybridized carbons (Fsp3) is 0.188. The number of alkyl halides is 1. The Kier molecular flexibility index (Phi) is 4.00. The SMILES string of the molecule is CN1C(=O)Cc2cc(C(Br)c3cccc(Cl)c3Cl)ccc21. The molecule has 108 valence electrons. The van der Waals surface area contributed by atoms with Crippen LogP contribution >= 0.6 is 39.1 Å². The van der Waals surface area contributed by atoms with Crippen LogP contribution in [0.5, 0.6) is 0 Å². The van der Waals surface area contributed by atoms with Gasteiger partial charge in [0.25, 0.3) is 0 Å². The van der Waals surface area contributed by atoms with Crippen molar-refractivity contribution < 1.29 is 4.79 Å². The predicted molar refractivity (Wildman–Crippen MR) is 90.8 cm³/mol. The van der Waals surface area contributed by atoms with Gasteiger partial charge in [0.15, 0.2) is 0 Å². The molecule has 2 nitrogen and oxygen atoms in total. The van der Waals surface area contributed by atoms with Crippen molar-refractivity contribution >= 4 is 50.7 Å². The summed E-state index contributed by atoms with van der Waals surface area (Å²) in [6.07, 6.45) is 0.447. The maximum atomic E-state index is 11.8. The number of carbonyl (C=O) groups is 1. The third kappa shape index (κ3) is 2.59. The number of rotatable bonds is 2. The lowest BCUT2D eigenvalue weighted by molar-refractivity contribution is -0.117. The van der Waals surface area contributed by atoms with Crippen LogP contribution in [-0.4, -0.2) is 13.0 Å². The third-order valence-electron chi connectivity index (χ3n) is 3.73. The smallest absolute Gasteiger partial charge is 0.231 e. The van der Waals surface area contributed by atoms with Crippen LogP contribution < -0.4 is 4.90 Å². The molecule has 0 bridgehead atoms. The largest absolute Gasteiger partial charge is 0.315 e. The Balaban J connectivity index is 2.00. The summed E-state index contributed by atoms with van der Waals surface area (Å²) in [4.78, 5) is 13.4. The van der Waals surface area contributed by atoms with Gasteiger partial charge in [-0.1, -0.05) is 63.4 Å². The van der Waals surface area contributed by atoms with Crippen LogP contribution in [-0.2, 0) is 11.2 Å². The molecular weight excluding hydrogens is 373 g/mol. The average molecular weight is 385 g/mol. The van der Waals surface area contributed by atoms with E-state index in [0.717, 1.165) is 22.4 Å². The zero-order chi connectivity index (χ0) is 15.1. The van der Waals surface area contributed by atoms with E-state index in [4.69, 9.17) is 23.2 Å². The van der Waals surface area contributed by atoms with Gasteiger partial charge in [0.1, 0.15) is 0 Å². The van der Waals surface area contributed by atoms with E-state index in [2.05, 4.69) is 15.9 Å². The van der Waals surface area contributed by atoms with Crippen LogP contribution in [0.1, 0.15) is 21.5 Å². The van der Waals surface area contributed by atoms with Gasteiger partial charge in [-0.05, 0) is 28.8 Å². The Morgan fingerprint density at radius 2 is 2.00 bits per heavy atom. The summed E-state index contributed by atoms with van der Waals surface area (Å²) in [6.45, 7) is 0. The summed E-state index contributed by atoms with van der Waals surface area (Å²) < 4.78 is 0. The number of benzene rings is 2. The maximum absolute atomic E-state index is 11.8. The summed E-state index contributed by atoms with van der Waals surface area (Å²) in [6, 6.07) is 11.6. The molecule has 1 unspecified atom stereocenters. The summed E-state index contributed by atoms with van der Waals surface area (Å²) in [7, 11) is 1.80. The number of hydrogen-bond acceptors (Lipinski definition) is 1. The second kappa shape index (κ2) is 5.64. The first-order valence-electron chi connectivity index (χ1n) is 6.46. The van der Waals surface area contributed by atoms with Crippen LogP contribution in [0.4, 0.5) is 5.69 Å². The van der Waals surface area contributed by atoms with E-state index < -0.39 is 0 Å². The molecule has 1 amide bonds. The Labute approximate surface area is 141 Å². The van der Waals surface area contributed by atoms with Crippen molar-refractivity contribution in [1.29, 1.82) is 0 Å². The van der Waals surface area contributed by atoms with Crippen LogP contribution in [0.2, 0.25) is 10.0 Å². The molecule has 0 radical (unpaired) electrons. The van der Waals surface area contributed by atoms with Gasteiger partial charge in [-0.2, -0.15) is 0 Å². The van der Waals surface area contributed by atoms with Crippen LogP contribution in [0.25, 0.3) is 0 Å². The van der Waals surface area contributed by atoms with Crippen molar-refractivity contribution in [2.45, 2.75) is 11.2 Å². The van der Waals surface area contributed by atoms with Gasteiger partial charge in [0, 0.05) is 12.7 Å². The van der Waals surface area contributed by atoms with Crippen LogP contribution in [0, 0.1) is 0 Å². The number of likely N-dealkylation sites (N-methyl/N-ethyl adjacent to an activating group) is 1. The molecule has 1 atom stereocenters. The van der Waals surface area contributed by atoms with Crippen molar-refractivity contribution in [3.05, 3.63) is 63.1 Å². The highest BCUT2D eigenvalue weighted by molar-refractivity contribution is 9.09. The first-order valence-corrected chi connectivity index (χ1v) is 8.13. The van der Waals surface area contributed by atoms with E-state index in [9.17, 15) is 4.79 Å². The minimum atomic E-state index is -0.0602. The number of carbonyl (C=O) groups excluding carboxylic acids is 1. The van der Waals surface area contributed by atoms with E-state index in [1.165, 1.54) is 0 Å². The molecule has 0 saturated heterocycles. The molecule has 5 heteroatoms. The molecule has 2 aromatic carbocycles. The molecule has 0 spiro atoms. The van der Waals surface area contributed by atoms with E-state index in [1.807, 2.05) is 30.3 Å². The highest BCUT2D eigenvalue weighted by Crippen LogP contribution is 2.40. The highest BCUT2D eigenvalue weighted by atomic mass is 79.9. The maximum Gasteiger partial charge on any atom is 0.231 e. The Morgan fingerprint density at radius 3 is 2.76 bits per heavy atom. The van der Waals surface area contributed by atoms with Crippen molar-refractivity contribution in [2.24, 2.45) is 0 Å². The Bertz CT molecular complexity index is 732. The molecular formula is C16H12BrCl2NO. The molecule has 0 fully saturated rings. The fourth-order valence-electron chi connectivity index (χ4n) is 2.54. The lowest BCUT2D eigenvalue weighted by Gasteiger charge is -2.15. The predicted octanol–water partition coefficient (Wildman–Crippen LogP) is 5.00. The van der Waals surface area contributed by atoms with Gasteiger partial charge in [-0.3, -0.25) is 4.79 Å². The highest BCUT2D eigenvalue weighted by Gasteiger charge is 2.25. The molecule has 21 heavy (non-hydrogen) atoms. The number of amides is 1. The standard InChI is InChI=1S/C16H12BrCl2NO/c1-20-13-6-5-9(7-10(13)8-14(20)21)15(17)11-3-2-4-12(18)16(11)19/h2-7,15H,8H2,1H3. The molecule has 0 aromatic heterocycles. The summed E-state index contributed by atoms with van der Waals surface area (Å²) in [5.74, 6) is 0.120. The van der Waals surface area contributed by atoms with Gasteiger partial charge < -0.3 is 4.90 Å². The quantitative estimate of drug-likeness (QED) is 0.667. The molecule has 1 heterocycles. The minimum Gasteiger partial charge on any atom is -0.315 e. The van der Waals surface area contributed by atoms with E-state index in [-0.39, 0.29) is 10.7 Å². The number of hydrogen-bond donors (Lipinski definition) is 0. The molecule has 2 aromatic rings. The second-order valence-electron chi connectivity index (χ2n) is 5.02. The first kappa shape index (κ1) is 14.9. The van der Waals surface area contributed by atoms with E-state index >= 15 is 0 Å². The van der Waals surface area contributed by atoms with Crippen LogP contribution in [0.15, 0.2) is 36.4 Å². The summed E-state index contributed by atoms with van der Waals surface area (Å²) in [5, 5.41) is 1.09. The zero-order valence-corrected chi connectivity index (χ0v) is 14.3. The summed E-state index contributed by atoms with van der Waals surface area (Å²) >= 11 is 16.0. The third-order valence-corrected chi connectivity index (χ3v) is 5.58. The number of nitrogens with zero attached hydrogens (tertiary/aromatic N) is 1. The van der Waals surface area contributed by atoms with E-state index in [1.54, 1.807) is 18.0 Å². The van der Waals surface area contributed by atoms with E-state index in [0.29, 0.717) is 16.5 Å². The monoisotopic (exact) mass is 383 g/mol. The van der Waals surface area contributed by atoms with Gasteiger partial charge in [-0.15, -0.1) is 0 Å². The van der Waals surface area contributed by atoms with Crippen molar-refractivity contribution in [2.75, 3.05) is 11.9 Å². The zero-order valence-electron chi connectivity index (χ0n) is 11.2. The normalized spacial score (nSPS) is 15.2. The number of fused-ring (bicyclic) bond motifs is 1. The molecule has 1 aliphatic rings. The topological polar surface area (TPSA) is 20.3 Å². The Hall–Kier alpha value is -1.03. The molecule has 0 saturated carbocycles. The fourth-order valence-corrected chi connectivity index (χ4v) is 3.76. The lowest BCUT2D eigenvalue weighted by atomic mass is 10.0.